The van der Waals surface area contributed by atoms with Gasteiger partial charge in [-0.15, -0.1) is 0 Å². The number of aryl methyl sites for hydroxylation is 1. The zero-order valence-corrected chi connectivity index (χ0v) is 12.0. The van der Waals surface area contributed by atoms with Crippen molar-refractivity contribution in [1.29, 1.82) is 0 Å². The van der Waals surface area contributed by atoms with Crippen molar-refractivity contribution in [2.24, 2.45) is 0 Å². The number of benzene rings is 1. The van der Waals surface area contributed by atoms with Gasteiger partial charge >= 0.3 is 21.6 Å². The normalized spacial score (nSPS) is 17.9. The molecule has 0 bridgehead atoms. The first-order valence-electron chi connectivity index (χ1n) is 6.05. The molecule has 1 N–H and O–H groups in total. The molecule has 0 fully saturated rings. The molecule has 122 valence electrons. The number of phenolic OH excluding ortho intramolecular Hbond substituents is 1. The van der Waals surface area contributed by atoms with Gasteiger partial charge in [-0.25, -0.2) is 0 Å². The summed E-state index contributed by atoms with van der Waals surface area (Å²) < 4.78 is 68.5. The molecule has 0 heterocycles. The quantitative estimate of drug-likeness (QED) is 0.515. The number of fused-ring (bicyclic) bond motifs is 1. The number of hydrogen-bond acceptors (Lipinski definition) is 6. The summed E-state index contributed by atoms with van der Waals surface area (Å²) in [6.45, 7) is 1.12. The lowest BCUT2D eigenvalue weighted by atomic mass is 10.1. The summed E-state index contributed by atoms with van der Waals surface area (Å²) in [6, 6.07) is 2.00. The van der Waals surface area contributed by atoms with Crippen molar-refractivity contribution >= 4 is 16.1 Å². The molecule has 0 radical (unpaired) electrons. The van der Waals surface area contributed by atoms with Crippen LogP contribution in [0.5, 0.6) is 11.5 Å². The minimum Gasteiger partial charge on any atom is -0.508 e. The molecule has 0 aromatic heterocycles. The van der Waals surface area contributed by atoms with Crippen LogP contribution in [0.1, 0.15) is 30.6 Å². The van der Waals surface area contributed by atoms with E-state index in [0.29, 0.717) is 12.0 Å². The summed E-state index contributed by atoms with van der Waals surface area (Å²) in [7, 11) is -5.89. The van der Waals surface area contributed by atoms with Crippen molar-refractivity contribution in [3.63, 3.8) is 0 Å². The van der Waals surface area contributed by atoms with Crippen molar-refractivity contribution in [3.8, 4) is 11.5 Å². The van der Waals surface area contributed by atoms with Crippen LogP contribution < -0.4 is 4.18 Å². The number of phenols is 1. The predicted molar refractivity (Wildman–Crippen MR) is 66.5 cm³/mol. The third kappa shape index (κ3) is 3.11. The van der Waals surface area contributed by atoms with Crippen LogP contribution in [0.4, 0.5) is 13.2 Å². The second-order valence-electron chi connectivity index (χ2n) is 4.64. The largest absolute Gasteiger partial charge is 0.534 e. The number of halogens is 3. The highest BCUT2D eigenvalue weighted by molar-refractivity contribution is 7.88. The molecule has 1 aromatic carbocycles. The Morgan fingerprint density at radius 3 is 2.55 bits per heavy atom. The molecule has 0 saturated carbocycles. The molecule has 1 atom stereocenters. The highest BCUT2D eigenvalue weighted by atomic mass is 32.2. The summed E-state index contributed by atoms with van der Waals surface area (Å²) >= 11 is 0. The summed E-state index contributed by atoms with van der Waals surface area (Å²) in [5.74, 6) is -1.82. The minimum atomic E-state index is -5.89. The van der Waals surface area contributed by atoms with Crippen LogP contribution in [0.15, 0.2) is 12.1 Å². The van der Waals surface area contributed by atoms with Gasteiger partial charge in [0.1, 0.15) is 11.9 Å². The average molecular weight is 340 g/mol. The number of hydrogen-bond donors (Lipinski definition) is 1. The Balaban J connectivity index is 2.47. The van der Waals surface area contributed by atoms with Crippen LogP contribution in [-0.2, 0) is 26.1 Å². The first kappa shape index (κ1) is 16.4. The molecule has 0 unspecified atom stereocenters. The van der Waals surface area contributed by atoms with Crippen molar-refractivity contribution < 1.29 is 40.4 Å². The molecule has 2 rings (SSSR count). The van der Waals surface area contributed by atoms with E-state index in [1.165, 1.54) is 6.07 Å². The van der Waals surface area contributed by atoms with Crippen LogP contribution in [0.25, 0.3) is 0 Å². The second-order valence-corrected chi connectivity index (χ2v) is 6.17. The zero-order valence-electron chi connectivity index (χ0n) is 11.2. The van der Waals surface area contributed by atoms with E-state index in [-0.39, 0.29) is 12.0 Å². The average Bonchev–Trinajstić information content (AvgIpc) is 2.69. The molecule has 22 heavy (non-hydrogen) atoms. The van der Waals surface area contributed by atoms with Crippen LogP contribution in [0, 0.1) is 0 Å². The van der Waals surface area contributed by atoms with Crippen molar-refractivity contribution in [3.05, 3.63) is 23.3 Å². The highest BCUT2D eigenvalue weighted by Crippen LogP contribution is 2.44. The molecule has 6 nitrogen and oxygen atoms in total. The van der Waals surface area contributed by atoms with Crippen LogP contribution in [0.3, 0.4) is 0 Å². The molecule has 1 aliphatic rings. The van der Waals surface area contributed by atoms with E-state index in [2.05, 4.69) is 4.18 Å². The van der Waals surface area contributed by atoms with Gasteiger partial charge in [0.05, 0.1) is 0 Å². The third-order valence-corrected chi connectivity index (χ3v) is 3.97. The first-order chi connectivity index (χ1) is 10.0. The molecule has 10 heteroatoms. The lowest BCUT2D eigenvalue weighted by molar-refractivity contribution is -0.146. The van der Waals surface area contributed by atoms with E-state index < -0.39 is 39.2 Å². The Morgan fingerprint density at radius 2 is 2.00 bits per heavy atom. The van der Waals surface area contributed by atoms with Crippen molar-refractivity contribution in [1.82, 2.24) is 0 Å². The molecule has 1 aromatic rings. The van der Waals surface area contributed by atoms with Gasteiger partial charge in [0.2, 0.25) is 0 Å². The Hall–Kier alpha value is -1.97. The Labute approximate surface area is 123 Å². The molecule has 0 aliphatic heterocycles. The van der Waals surface area contributed by atoms with Crippen molar-refractivity contribution in [2.45, 2.75) is 31.4 Å². The van der Waals surface area contributed by atoms with E-state index in [1.54, 1.807) is 0 Å². The van der Waals surface area contributed by atoms with E-state index in [4.69, 9.17) is 4.74 Å². The summed E-state index contributed by atoms with van der Waals surface area (Å²) in [4.78, 5) is 11.0. The fourth-order valence-corrected chi connectivity index (χ4v) is 2.69. The van der Waals surface area contributed by atoms with E-state index >= 15 is 0 Å². The van der Waals surface area contributed by atoms with E-state index in [1.807, 2.05) is 0 Å². The predicted octanol–water partition coefficient (Wildman–Crippen LogP) is 2.17. The minimum absolute atomic E-state index is 0.0147. The van der Waals surface area contributed by atoms with Gasteiger partial charge < -0.3 is 14.0 Å². The molecular formula is C12H11F3O6S. The van der Waals surface area contributed by atoms with E-state index in [9.17, 15) is 31.5 Å². The number of ether oxygens (including phenoxy) is 1. The molecular weight excluding hydrogens is 329 g/mol. The monoisotopic (exact) mass is 340 g/mol. The Bertz CT molecular complexity index is 710. The second kappa shape index (κ2) is 5.34. The lowest BCUT2D eigenvalue weighted by Crippen LogP contribution is -2.28. The number of carbonyl (C=O) groups excluding carboxylic acids is 1. The highest BCUT2D eigenvalue weighted by Gasteiger charge is 2.49. The number of esters is 1. The first-order valence-corrected chi connectivity index (χ1v) is 7.46. The Morgan fingerprint density at radius 1 is 1.36 bits per heavy atom. The Kier molecular flexibility index (Phi) is 3.98. The topological polar surface area (TPSA) is 89.9 Å². The fourth-order valence-electron chi connectivity index (χ4n) is 2.22. The SMILES string of the molecule is CC(=O)O[C@@H]1CCc2cc(O)cc(OS(=O)(=O)C(F)(F)F)c21. The van der Waals surface area contributed by atoms with Gasteiger partial charge in [-0.1, -0.05) is 0 Å². The third-order valence-electron chi connectivity index (χ3n) is 3.00. The standard InChI is InChI=1S/C12H11F3O6S/c1-6(16)20-9-3-2-7-4-8(17)5-10(11(7)9)21-22(18,19)12(13,14)15/h4-5,9,17H,2-3H2,1H3/t9-/m1/s1. The number of alkyl halides is 3. The maximum atomic E-state index is 12.4. The maximum Gasteiger partial charge on any atom is 0.534 e. The fraction of sp³-hybridized carbons (Fsp3) is 0.417. The summed E-state index contributed by atoms with van der Waals surface area (Å²) in [5, 5.41) is 9.48. The van der Waals surface area contributed by atoms with Gasteiger partial charge in [-0.05, 0) is 24.5 Å². The molecule has 0 saturated heterocycles. The van der Waals surface area contributed by atoms with Gasteiger partial charge in [-0.2, -0.15) is 21.6 Å². The number of rotatable bonds is 3. The number of carbonyl (C=O) groups is 1. The van der Waals surface area contributed by atoms with Crippen molar-refractivity contribution in [2.75, 3.05) is 0 Å². The smallest absolute Gasteiger partial charge is 0.508 e. The molecule has 0 amide bonds. The zero-order chi connectivity index (χ0) is 16.7. The van der Waals surface area contributed by atoms with Crippen LogP contribution in [0.2, 0.25) is 0 Å². The molecule has 1 aliphatic carbocycles. The van der Waals surface area contributed by atoms with Crippen LogP contribution >= 0.6 is 0 Å². The van der Waals surface area contributed by atoms with Gasteiger partial charge in [0.15, 0.2) is 5.75 Å². The van der Waals surface area contributed by atoms with Gasteiger partial charge in [-0.3, -0.25) is 4.79 Å². The number of aromatic hydroxyl groups is 1. The van der Waals surface area contributed by atoms with E-state index in [0.717, 1.165) is 13.0 Å². The molecule has 0 spiro atoms. The van der Waals surface area contributed by atoms with Gasteiger partial charge in [0.25, 0.3) is 0 Å². The summed E-state index contributed by atoms with van der Waals surface area (Å²) in [6.07, 6.45) is -0.378. The van der Waals surface area contributed by atoms with Crippen LogP contribution in [-0.4, -0.2) is 25.0 Å². The lowest BCUT2D eigenvalue weighted by Gasteiger charge is -2.17. The maximum absolute atomic E-state index is 12.4. The summed E-state index contributed by atoms with van der Waals surface area (Å²) in [5.41, 5.74) is -5.24. The van der Waals surface area contributed by atoms with Gasteiger partial charge in [0, 0.05) is 18.6 Å².